The maximum Gasteiger partial charge on any atom is 0.0737 e. The van der Waals surface area contributed by atoms with Crippen molar-refractivity contribution in [2.45, 2.75) is 45.9 Å². The van der Waals surface area contributed by atoms with Crippen molar-refractivity contribution in [2.75, 3.05) is 0 Å². The van der Waals surface area contributed by atoms with E-state index >= 15 is 0 Å². The van der Waals surface area contributed by atoms with E-state index in [1.165, 1.54) is 20.5 Å². The summed E-state index contributed by atoms with van der Waals surface area (Å²) < 4.78 is 7.23. The van der Waals surface area contributed by atoms with Gasteiger partial charge < -0.3 is 10.5 Å². The van der Waals surface area contributed by atoms with E-state index in [0.717, 1.165) is 12.8 Å². The maximum absolute atomic E-state index is 5.93. The van der Waals surface area contributed by atoms with Gasteiger partial charge in [-0.1, -0.05) is 31.5 Å². The highest BCUT2D eigenvalue weighted by molar-refractivity contribution is 7.19. The van der Waals surface area contributed by atoms with Gasteiger partial charge in [0.05, 0.1) is 12.7 Å². The fourth-order valence-corrected chi connectivity index (χ4v) is 3.28. The standard InChI is InChI=1S/C15H21NOS/c1-3-6-11(2)17-10-13-12-7-4-5-8-14(12)18-15(13)9-16/h4-5,7-8,11H,3,6,9-10,16H2,1-2H3. The van der Waals surface area contributed by atoms with E-state index in [4.69, 9.17) is 10.5 Å². The minimum atomic E-state index is 0.319. The average Bonchev–Trinajstić information content (AvgIpc) is 2.74. The van der Waals surface area contributed by atoms with E-state index in [-0.39, 0.29) is 0 Å². The Hall–Kier alpha value is -0.900. The molecule has 0 aliphatic rings. The van der Waals surface area contributed by atoms with Gasteiger partial charge in [0.15, 0.2) is 0 Å². The SMILES string of the molecule is CCCC(C)OCc1c(CN)sc2ccccc12. The van der Waals surface area contributed by atoms with Crippen LogP contribution in [0, 0.1) is 0 Å². The van der Waals surface area contributed by atoms with Gasteiger partial charge in [-0.25, -0.2) is 0 Å². The van der Waals surface area contributed by atoms with Crippen molar-refractivity contribution < 1.29 is 4.74 Å². The van der Waals surface area contributed by atoms with Crippen LogP contribution in [0.5, 0.6) is 0 Å². The van der Waals surface area contributed by atoms with E-state index in [9.17, 15) is 0 Å². The van der Waals surface area contributed by atoms with Gasteiger partial charge >= 0.3 is 0 Å². The normalized spacial score (nSPS) is 13.1. The fourth-order valence-electron chi connectivity index (χ4n) is 2.19. The van der Waals surface area contributed by atoms with Crippen LogP contribution in [0.4, 0.5) is 0 Å². The van der Waals surface area contributed by atoms with Crippen molar-refractivity contribution in [1.82, 2.24) is 0 Å². The molecule has 0 spiro atoms. The molecule has 1 atom stereocenters. The number of benzene rings is 1. The van der Waals surface area contributed by atoms with Crippen LogP contribution in [-0.4, -0.2) is 6.10 Å². The van der Waals surface area contributed by atoms with E-state index in [0.29, 0.717) is 19.3 Å². The Bertz CT molecular complexity index is 506. The second kappa shape index (κ2) is 6.32. The van der Waals surface area contributed by atoms with Crippen LogP contribution in [-0.2, 0) is 17.9 Å². The third kappa shape index (κ3) is 2.91. The van der Waals surface area contributed by atoms with Crippen LogP contribution in [0.3, 0.4) is 0 Å². The summed E-state index contributed by atoms with van der Waals surface area (Å²) in [4.78, 5) is 1.25. The highest BCUT2D eigenvalue weighted by Gasteiger charge is 2.12. The number of fused-ring (bicyclic) bond motifs is 1. The molecule has 2 rings (SSSR count). The molecule has 0 bridgehead atoms. The van der Waals surface area contributed by atoms with Crippen LogP contribution in [0.15, 0.2) is 24.3 Å². The Morgan fingerprint density at radius 3 is 2.83 bits per heavy atom. The van der Waals surface area contributed by atoms with Crippen molar-refractivity contribution in [3.05, 3.63) is 34.7 Å². The molecule has 2 aromatic rings. The molecule has 0 saturated heterocycles. The average molecular weight is 263 g/mol. The summed E-state index contributed by atoms with van der Waals surface area (Å²) in [6, 6.07) is 8.46. The van der Waals surface area contributed by atoms with Gasteiger partial charge in [0.2, 0.25) is 0 Å². The second-order valence-electron chi connectivity index (χ2n) is 4.61. The van der Waals surface area contributed by atoms with Crippen molar-refractivity contribution in [1.29, 1.82) is 0 Å². The summed E-state index contributed by atoms with van der Waals surface area (Å²) in [5.41, 5.74) is 7.11. The molecule has 3 heteroatoms. The van der Waals surface area contributed by atoms with Gasteiger partial charge in [0, 0.05) is 21.7 Å². The predicted molar refractivity (Wildman–Crippen MR) is 78.9 cm³/mol. The zero-order chi connectivity index (χ0) is 13.0. The second-order valence-corrected chi connectivity index (χ2v) is 5.75. The molecule has 1 aromatic heterocycles. The molecule has 0 aliphatic carbocycles. The van der Waals surface area contributed by atoms with Crippen molar-refractivity contribution >= 4 is 21.4 Å². The first-order valence-corrected chi connectivity index (χ1v) is 7.38. The van der Waals surface area contributed by atoms with E-state index < -0.39 is 0 Å². The quantitative estimate of drug-likeness (QED) is 0.852. The summed E-state index contributed by atoms with van der Waals surface area (Å²) >= 11 is 1.78. The number of ether oxygens (including phenoxy) is 1. The summed E-state index contributed by atoms with van der Waals surface area (Å²) in [5.74, 6) is 0. The van der Waals surface area contributed by atoms with Crippen molar-refractivity contribution in [2.24, 2.45) is 5.73 Å². The van der Waals surface area contributed by atoms with Crippen molar-refractivity contribution in [3.8, 4) is 0 Å². The molecule has 2 nitrogen and oxygen atoms in total. The van der Waals surface area contributed by atoms with Crippen LogP contribution >= 0.6 is 11.3 Å². The molecule has 1 heterocycles. The lowest BCUT2D eigenvalue weighted by molar-refractivity contribution is 0.0476. The largest absolute Gasteiger partial charge is 0.374 e. The minimum absolute atomic E-state index is 0.319. The zero-order valence-electron chi connectivity index (χ0n) is 11.1. The third-order valence-corrected chi connectivity index (χ3v) is 4.41. The smallest absolute Gasteiger partial charge is 0.0737 e. The molecule has 0 amide bonds. The van der Waals surface area contributed by atoms with Crippen LogP contribution in [0.2, 0.25) is 0 Å². The summed E-state index contributed by atoms with van der Waals surface area (Å²) in [5, 5.41) is 1.30. The molecule has 2 N–H and O–H groups in total. The Morgan fingerprint density at radius 2 is 2.11 bits per heavy atom. The lowest BCUT2D eigenvalue weighted by Crippen LogP contribution is -2.08. The number of thiophene rings is 1. The molecule has 1 aromatic carbocycles. The van der Waals surface area contributed by atoms with Gasteiger partial charge in [0.1, 0.15) is 0 Å². The van der Waals surface area contributed by atoms with Crippen molar-refractivity contribution in [3.63, 3.8) is 0 Å². The molecule has 1 unspecified atom stereocenters. The monoisotopic (exact) mass is 263 g/mol. The summed E-state index contributed by atoms with van der Waals surface area (Å²) in [7, 11) is 0. The van der Waals surface area contributed by atoms with E-state index in [1.54, 1.807) is 11.3 Å². The predicted octanol–water partition coefficient (Wildman–Crippen LogP) is 4.07. The molecular weight excluding hydrogens is 242 g/mol. The van der Waals surface area contributed by atoms with Crippen LogP contribution < -0.4 is 5.73 Å². The van der Waals surface area contributed by atoms with Gasteiger partial charge in [-0.3, -0.25) is 0 Å². The molecule has 0 aliphatic heterocycles. The van der Waals surface area contributed by atoms with Crippen LogP contribution in [0.1, 0.15) is 37.1 Å². The van der Waals surface area contributed by atoms with E-state index in [1.807, 2.05) is 0 Å². The summed E-state index contributed by atoms with van der Waals surface area (Å²) in [6.45, 7) is 5.60. The molecule has 0 fully saturated rings. The number of nitrogens with two attached hydrogens (primary N) is 1. The molecule has 0 radical (unpaired) electrons. The molecule has 0 saturated carbocycles. The first-order chi connectivity index (χ1) is 8.76. The Kier molecular flexibility index (Phi) is 4.75. The zero-order valence-corrected chi connectivity index (χ0v) is 11.9. The van der Waals surface area contributed by atoms with Gasteiger partial charge in [-0.05, 0) is 24.8 Å². The molecule has 98 valence electrons. The lowest BCUT2D eigenvalue weighted by atomic mass is 10.1. The van der Waals surface area contributed by atoms with Gasteiger partial charge in [0.25, 0.3) is 0 Å². The van der Waals surface area contributed by atoms with E-state index in [2.05, 4.69) is 38.1 Å². The minimum Gasteiger partial charge on any atom is -0.374 e. The topological polar surface area (TPSA) is 35.2 Å². The van der Waals surface area contributed by atoms with Gasteiger partial charge in [-0.15, -0.1) is 11.3 Å². The Balaban J connectivity index is 2.20. The number of hydrogen-bond donors (Lipinski definition) is 1. The maximum atomic E-state index is 5.93. The first-order valence-electron chi connectivity index (χ1n) is 6.57. The number of rotatable bonds is 6. The summed E-state index contributed by atoms with van der Waals surface area (Å²) in [6.07, 6.45) is 2.59. The highest BCUT2D eigenvalue weighted by atomic mass is 32.1. The van der Waals surface area contributed by atoms with Gasteiger partial charge in [-0.2, -0.15) is 0 Å². The Labute approximate surface area is 113 Å². The number of hydrogen-bond acceptors (Lipinski definition) is 3. The first kappa shape index (κ1) is 13.5. The third-order valence-electron chi connectivity index (χ3n) is 3.17. The molecular formula is C15H21NOS. The molecule has 18 heavy (non-hydrogen) atoms. The van der Waals surface area contributed by atoms with Crippen LogP contribution in [0.25, 0.3) is 10.1 Å². The highest BCUT2D eigenvalue weighted by Crippen LogP contribution is 2.31. The lowest BCUT2D eigenvalue weighted by Gasteiger charge is -2.12. The Morgan fingerprint density at radius 1 is 1.33 bits per heavy atom. The fraction of sp³-hybridized carbons (Fsp3) is 0.467.